The molecule has 3 rings (SSSR count). The van der Waals surface area contributed by atoms with Gasteiger partial charge in [0.2, 0.25) is 0 Å². The molecule has 6 heteroatoms. The SMILES string of the molecule is CC1c2ncc(COCC3CC3)n2CCN1C(=O)N(C)C. The van der Waals surface area contributed by atoms with Crippen LogP contribution in [0.5, 0.6) is 0 Å². The van der Waals surface area contributed by atoms with E-state index < -0.39 is 0 Å². The molecule has 0 aromatic carbocycles. The van der Waals surface area contributed by atoms with Gasteiger partial charge in [0.15, 0.2) is 0 Å². The lowest BCUT2D eigenvalue weighted by atomic mass is 10.2. The number of urea groups is 1. The third-order valence-electron chi connectivity index (χ3n) is 4.30. The van der Waals surface area contributed by atoms with E-state index in [1.165, 1.54) is 12.8 Å². The van der Waals surface area contributed by atoms with Crippen molar-refractivity contribution < 1.29 is 9.53 Å². The van der Waals surface area contributed by atoms with Crippen molar-refractivity contribution in [3.05, 3.63) is 17.7 Å². The van der Waals surface area contributed by atoms with Crippen LogP contribution < -0.4 is 0 Å². The van der Waals surface area contributed by atoms with Crippen LogP contribution in [-0.2, 0) is 17.9 Å². The number of imidazole rings is 1. The second-order valence-corrected chi connectivity index (χ2v) is 6.26. The molecule has 0 bridgehead atoms. The van der Waals surface area contributed by atoms with Gasteiger partial charge >= 0.3 is 6.03 Å². The molecule has 1 unspecified atom stereocenters. The lowest BCUT2D eigenvalue weighted by Gasteiger charge is -2.36. The fraction of sp³-hybridized carbons (Fsp3) is 0.733. The molecule has 6 nitrogen and oxygen atoms in total. The fourth-order valence-electron chi connectivity index (χ4n) is 2.81. The highest BCUT2D eigenvalue weighted by Crippen LogP contribution is 2.30. The number of ether oxygens (including phenoxy) is 1. The van der Waals surface area contributed by atoms with Crippen molar-refractivity contribution in [3.8, 4) is 0 Å². The summed E-state index contributed by atoms with van der Waals surface area (Å²) in [5, 5.41) is 0. The summed E-state index contributed by atoms with van der Waals surface area (Å²) in [6.07, 6.45) is 4.51. The highest BCUT2D eigenvalue weighted by molar-refractivity contribution is 5.74. The van der Waals surface area contributed by atoms with Crippen molar-refractivity contribution in [2.45, 2.75) is 39.0 Å². The summed E-state index contributed by atoms with van der Waals surface area (Å²) in [4.78, 5) is 20.2. The molecule has 0 radical (unpaired) electrons. The molecule has 2 amide bonds. The molecule has 1 fully saturated rings. The standard InChI is InChI=1S/C15H24N4O2/c1-11-14-16-8-13(10-21-9-12-4-5-12)19(14)7-6-18(11)15(20)17(2)3/h8,11-12H,4-7,9-10H2,1-3H3. The highest BCUT2D eigenvalue weighted by Gasteiger charge is 2.31. The monoisotopic (exact) mass is 292 g/mol. The maximum Gasteiger partial charge on any atom is 0.320 e. The van der Waals surface area contributed by atoms with Gasteiger partial charge in [-0.2, -0.15) is 0 Å². The highest BCUT2D eigenvalue weighted by atomic mass is 16.5. The Labute approximate surface area is 125 Å². The molecule has 0 saturated heterocycles. The smallest absolute Gasteiger partial charge is 0.320 e. The zero-order valence-corrected chi connectivity index (χ0v) is 13.1. The normalized spacial score (nSPS) is 21.3. The summed E-state index contributed by atoms with van der Waals surface area (Å²) < 4.78 is 7.97. The third kappa shape index (κ3) is 2.90. The molecule has 1 aromatic rings. The summed E-state index contributed by atoms with van der Waals surface area (Å²) in [6, 6.07) is 0.0501. The first-order chi connectivity index (χ1) is 10.1. The van der Waals surface area contributed by atoms with Gasteiger partial charge < -0.3 is 19.1 Å². The molecule has 1 aromatic heterocycles. The molecule has 116 valence electrons. The zero-order valence-electron chi connectivity index (χ0n) is 13.1. The van der Waals surface area contributed by atoms with E-state index in [2.05, 4.69) is 9.55 Å². The van der Waals surface area contributed by atoms with Crippen LogP contribution in [0.1, 0.15) is 37.3 Å². The Hall–Kier alpha value is -1.56. The van der Waals surface area contributed by atoms with Crippen molar-refractivity contribution in [2.24, 2.45) is 5.92 Å². The Bertz CT molecular complexity index is 522. The Morgan fingerprint density at radius 2 is 2.19 bits per heavy atom. The van der Waals surface area contributed by atoms with Crippen molar-refractivity contribution >= 4 is 6.03 Å². The average molecular weight is 292 g/mol. The molecular formula is C15H24N4O2. The summed E-state index contributed by atoms with van der Waals surface area (Å²) in [7, 11) is 3.57. The molecule has 1 saturated carbocycles. The van der Waals surface area contributed by atoms with E-state index in [1.807, 2.05) is 18.0 Å². The summed E-state index contributed by atoms with van der Waals surface area (Å²) in [5.74, 6) is 1.74. The number of nitrogens with zero attached hydrogens (tertiary/aromatic N) is 4. The maximum atomic E-state index is 12.2. The number of aromatic nitrogens is 2. The second-order valence-electron chi connectivity index (χ2n) is 6.26. The van der Waals surface area contributed by atoms with E-state index in [0.29, 0.717) is 6.61 Å². The van der Waals surface area contributed by atoms with Crippen LogP contribution in [0.4, 0.5) is 4.79 Å². The van der Waals surface area contributed by atoms with Crippen molar-refractivity contribution in [1.29, 1.82) is 0 Å². The van der Waals surface area contributed by atoms with Crippen molar-refractivity contribution in [2.75, 3.05) is 27.2 Å². The Morgan fingerprint density at radius 1 is 1.43 bits per heavy atom. The lowest BCUT2D eigenvalue weighted by Crippen LogP contribution is -2.46. The van der Waals surface area contributed by atoms with E-state index in [0.717, 1.165) is 37.1 Å². The third-order valence-corrected chi connectivity index (χ3v) is 4.30. The topological polar surface area (TPSA) is 50.6 Å². The number of hydrogen-bond donors (Lipinski definition) is 0. The Balaban J connectivity index is 1.67. The first-order valence-corrected chi connectivity index (χ1v) is 7.68. The largest absolute Gasteiger partial charge is 0.375 e. The summed E-state index contributed by atoms with van der Waals surface area (Å²) in [5.41, 5.74) is 1.12. The Morgan fingerprint density at radius 3 is 2.86 bits per heavy atom. The Kier molecular flexibility index (Phi) is 3.89. The van der Waals surface area contributed by atoms with Gasteiger partial charge in [0.05, 0.1) is 24.5 Å². The van der Waals surface area contributed by atoms with Gasteiger partial charge in [0, 0.05) is 33.8 Å². The van der Waals surface area contributed by atoms with Crippen LogP contribution >= 0.6 is 0 Å². The predicted octanol–water partition coefficient (Wildman–Crippen LogP) is 1.87. The molecule has 21 heavy (non-hydrogen) atoms. The van der Waals surface area contributed by atoms with Gasteiger partial charge in [-0.05, 0) is 25.7 Å². The summed E-state index contributed by atoms with van der Waals surface area (Å²) >= 11 is 0. The van der Waals surface area contributed by atoms with Crippen molar-refractivity contribution in [3.63, 3.8) is 0 Å². The van der Waals surface area contributed by atoms with E-state index in [-0.39, 0.29) is 12.1 Å². The van der Waals surface area contributed by atoms with Crippen LogP contribution in [0, 0.1) is 5.92 Å². The maximum absolute atomic E-state index is 12.2. The van der Waals surface area contributed by atoms with Crippen LogP contribution in [0.3, 0.4) is 0 Å². The molecule has 0 N–H and O–H groups in total. The minimum absolute atomic E-state index is 0.00540. The molecule has 2 aliphatic rings. The van der Waals surface area contributed by atoms with Gasteiger partial charge in [-0.3, -0.25) is 0 Å². The molecule has 2 heterocycles. The minimum Gasteiger partial charge on any atom is -0.375 e. The number of rotatable bonds is 4. The molecule has 1 aliphatic heterocycles. The quantitative estimate of drug-likeness (QED) is 0.851. The van der Waals surface area contributed by atoms with Crippen LogP contribution in [-0.4, -0.2) is 52.6 Å². The van der Waals surface area contributed by atoms with Gasteiger partial charge in [-0.1, -0.05) is 0 Å². The van der Waals surface area contributed by atoms with Gasteiger partial charge in [0.25, 0.3) is 0 Å². The van der Waals surface area contributed by atoms with E-state index in [4.69, 9.17) is 4.74 Å². The summed E-state index contributed by atoms with van der Waals surface area (Å²) in [6.45, 7) is 5.03. The number of fused-ring (bicyclic) bond motifs is 1. The number of carbonyl (C=O) groups is 1. The number of amides is 2. The van der Waals surface area contributed by atoms with E-state index >= 15 is 0 Å². The number of carbonyl (C=O) groups excluding carboxylic acids is 1. The van der Waals surface area contributed by atoms with Gasteiger partial charge in [0.1, 0.15) is 5.82 Å². The number of hydrogen-bond acceptors (Lipinski definition) is 3. The van der Waals surface area contributed by atoms with Crippen LogP contribution in [0.2, 0.25) is 0 Å². The lowest BCUT2D eigenvalue weighted by molar-refractivity contribution is 0.102. The van der Waals surface area contributed by atoms with Crippen molar-refractivity contribution in [1.82, 2.24) is 19.4 Å². The van der Waals surface area contributed by atoms with Crippen LogP contribution in [0.25, 0.3) is 0 Å². The molecule has 1 atom stereocenters. The predicted molar refractivity (Wildman–Crippen MR) is 78.8 cm³/mol. The van der Waals surface area contributed by atoms with Gasteiger partial charge in [-0.25, -0.2) is 9.78 Å². The van der Waals surface area contributed by atoms with E-state index in [1.54, 1.807) is 19.0 Å². The molecular weight excluding hydrogens is 268 g/mol. The van der Waals surface area contributed by atoms with Gasteiger partial charge in [-0.15, -0.1) is 0 Å². The first kappa shape index (κ1) is 14.4. The minimum atomic E-state index is 0.00540. The fourth-order valence-corrected chi connectivity index (χ4v) is 2.81. The van der Waals surface area contributed by atoms with Crippen LogP contribution in [0.15, 0.2) is 6.20 Å². The first-order valence-electron chi connectivity index (χ1n) is 7.68. The van der Waals surface area contributed by atoms with E-state index in [9.17, 15) is 4.79 Å². The zero-order chi connectivity index (χ0) is 15.0. The second kappa shape index (κ2) is 5.67. The molecule has 0 spiro atoms. The average Bonchev–Trinajstić information content (AvgIpc) is 3.18. The molecule has 1 aliphatic carbocycles.